The van der Waals surface area contributed by atoms with Crippen molar-refractivity contribution in [1.29, 1.82) is 0 Å². The zero-order valence-electron chi connectivity index (χ0n) is 14.0. The summed E-state index contributed by atoms with van der Waals surface area (Å²) in [6.45, 7) is 6.91. The number of rotatable bonds is 7. The smallest absolute Gasteiger partial charge is 0.320 e. The van der Waals surface area contributed by atoms with Crippen LogP contribution in [0.4, 0.5) is 0 Å². The van der Waals surface area contributed by atoms with E-state index in [-0.39, 0.29) is 5.41 Å². The first-order valence-electron chi connectivity index (χ1n) is 7.89. The van der Waals surface area contributed by atoms with Crippen LogP contribution in [-0.4, -0.2) is 26.7 Å². The fourth-order valence-electron chi connectivity index (χ4n) is 2.37. The van der Waals surface area contributed by atoms with Gasteiger partial charge in [-0.2, -0.15) is 0 Å². The Morgan fingerprint density at radius 2 is 2.17 bits per heavy atom. The van der Waals surface area contributed by atoms with E-state index in [1.165, 1.54) is 0 Å². The molecule has 0 aliphatic heterocycles. The number of nitrogens with one attached hydrogen (secondary N) is 1. The summed E-state index contributed by atoms with van der Waals surface area (Å²) in [6.07, 6.45) is 6.86. The van der Waals surface area contributed by atoms with E-state index in [2.05, 4.69) is 31.1 Å². The van der Waals surface area contributed by atoms with Crippen LogP contribution in [0.1, 0.15) is 39.2 Å². The Kier molecular flexibility index (Phi) is 5.55. The van der Waals surface area contributed by atoms with Gasteiger partial charge in [0.2, 0.25) is 0 Å². The third kappa shape index (κ3) is 5.53. The van der Waals surface area contributed by atoms with Crippen molar-refractivity contribution in [1.82, 2.24) is 14.9 Å². The molecule has 0 fully saturated rings. The van der Waals surface area contributed by atoms with Crippen LogP contribution in [0, 0.1) is 5.41 Å². The average Bonchev–Trinajstić information content (AvgIpc) is 3.00. The number of carboxylic acids is 1. The highest BCUT2D eigenvalue weighted by Crippen LogP contribution is 2.22. The molecule has 0 amide bonds. The zero-order chi connectivity index (χ0) is 16.9. The van der Waals surface area contributed by atoms with E-state index in [1.54, 1.807) is 12.5 Å². The van der Waals surface area contributed by atoms with Gasteiger partial charge in [0.15, 0.2) is 0 Å². The number of benzene rings is 1. The van der Waals surface area contributed by atoms with Crippen molar-refractivity contribution in [2.24, 2.45) is 5.41 Å². The van der Waals surface area contributed by atoms with Gasteiger partial charge in [0, 0.05) is 24.6 Å². The summed E-state index contributed by atoms with van der Waals surface area (Å²) >= 11 is 0. The number of hydrogen-bond donors (Lipinski definition) is 2. The Bertz CT molecular complexity index is 630. The zero-order valence-corrected chi connectivity index (χ0v) is 14.0. The summed E-state index contributed by atoms with van der Waals surface area (Å²) in [7, 11) is 0. The fourth-order valence-corrected chi connectivity index (χ4v) is 2.37. The van der Waals surface area contributed by atoms with Crippen molar-refractivity contribution in [2.45, 2.75) is 46.2 Å². The van der Waals surface area contributed by atoms with E-state index in [0.29, 0.717) is 13.0 Å². The molecule has 2 N–H and O–H groups in total. The molecule has 2 rings (SSSR count). The van der Waals surface area contributed by atoms with Crippen LogP contribution in [0.5, 0.6) is 0 Å². The molecule has 0 saturated heterocycles. The third-order valence-corrected chi connectivity index (χ3v) is 3.75. The lowest BCUT2D eigenvalue weighted by molar-refractivity contribution is -0.139. The largest absolute Gasteiger partial charge is 0.480 e. The van der Waals surface area contributed by atoms with Crippen LogP contribution in [0.3, 0.4) is 0 Å². The fraction of sp³-hybridized carbons (Fsp3) is 0.444. The highest BCUT2D eigenvalue weighted by atomic mass is 16.4. The maximum atomic E-state index is 11.4. The van der Waals surface area contributed by atoms with Crippen LogP contribution < -0.4 is 5.32 Å². The summed E-state index contributed by atoms with van der Waals surface area (Å²) in [5.41, 5.74) is 2.21. The summed E-state index contributed by atoms with van der Waals surface area (Å²) in [5, 5.41) is 12.5. The molecule has 0 aliphatic carbocycles. The topological polar surface area (TPSA) is 67.2 Å². The minimum atomic E-state index is -0.792. The van der Waals surface area contributed by atoms with E-state index in [0.717, 1.165) is 17.7 Å². The van der Waals surface area contributed by atoms with Gasteiger partial charge in [-0.15, -0.1) is 0 Å². The first kappa shape index (κ1) is 17.2. The molecule has 0 radical (unpaired) electrons. The van der Waals surface area contributed by atoms with E-state index in [9.17, 15) is 9.90 Å². The first-order valence-corrected chi connectivity index (χ1v) is 7.89. The number of carbonyl (C=O) groups is 1. The van der Waals surface area contributed by atoms with Gasteiger partial charge in [0.25, 0.3) is 0 Å². The Morgan fingerprint density at radius 3 is 2.78 bits per heavy atom. The van der Waals surface area contributed by atoms with Gasteiger partial charge >= 0.3 is 5.97 Å². The molecule has 0 spiro atoms. The number of carboxylic acid groups (broad SMARTS) is 1. The SMILES string of the molecule is CC(C)(C)CCC(NCc1cccc(-n2ccnc2)c1)C(=O)O. The molecule has 0 bridgehead atoms. The Hall–Kier alpha value is -2.14. The molecule has 0 aliphatic rings. The summed E-state index contributed by atoms with van der Waals surface area (Å²) in [5.74, 6) is -0.792. The molecule has 1 aromatic heterocycles. The van der Waals surface area contributed by atoms with Crippen molar-refractivity contribution >= 4 is 5.97 Å². The Morgan fingerprint density at radius 1 is 1.39 bits per heavy atom. The summed E-state index contributed by atoms with van der Waals surface area (Å²) < 4.78 is 1.93. The lowest BCUT2D eigenvalue weighted by Gasteiger charge is -2.21. The number of nitrogens with zero attached hydrogens (tertiary/aromatic N) is 2. The summed E-state index contributed by atoms with van der Waals surface area (Å²) in [6, 6.07) is 7.48. The van der Waals surface area contributed by atoms with Crippen LogP contribution in [-0.2, 0) is 11.3 Å². The van der Waals surface area contributed by atoms with E-state index >= 15 is 0 Å². The van der Waals surface area contributed by atoms with Crippen LogP contribution >= 0.6 is 0 Å². The number of imidazole rings is 1. The van der Waals surface area contributed by atoms with Crippen molar-refractivity contribution < 1.29 is 9.90 Å². The van der Waals surface area contributed by atoms with Gasteiger partial charge in [-0.1, -0.05) is 32.9 Å². The van der Waals surface area contributed by atoms with Crippen molar-refractivity contribution in [3.8, 4) is 5.69 Å². The normalized spacial score (nSPS) is 13.0. The average molecular weight is 315 g/mol. The standard InChI is InChI=1S/C18H25N3O2/c1-18(2,3)8-7-16(17(22)23)20-12-14-5-4-6-15(11-14)21-10-9-19-13-21/h4-6,9-11,13,16,20H,7-8,12H2,1-3H3,(H,22,23). The highest BCUT2D eigenvalue weighted by molar-refractivity contribution is 5.73. The molecule has 124 valence electrons. The molecule has 5 nitrogen and oxygen atoms in total. The molecule has 0 saturated carbocycles. The summed E-state index contributed by atoms with van der Waals surface area (Å²) in [4.78, 5) is 15.5. The van der Waals surface area contributed by atoms with Gasteiger partial charge in [-0.05, 0) is 36.0 Å². The second-order valence-corrected chi connectivity index (χ2v) is 7.01. The molecular formula is C18H25N3O2. The van der Waals surface area contributed by atoms with E-state index in [1.807, 2.05) is 35.0 Å². The van der Waals surface area contributed by atoms with Crippen LogP contribution in [0.15, 0.2) is 43.0 Å². The molecule has 1 atom stereocenters. The van der Waals surface area contributed by atoms with Crippen LogP contribution in [0.25, 0.3) is 5.69 Å². The predicted molar refractivity (Wildman–Crippen MR) is 90.5 cm³/mol. The van der Waals surface area contributed by atoms with Gasteiger partial charge < -0.3 is 15.0 Å². The Balaban J connectivity index is 1.98. The number of aliphatic carboxylic acids is 1. The van der Waals surface area contributed by atoms with Gasteiger partial charge in [0.1, 0.15) is 6.04 Å². The monoisotopic (exact) mass is 315 g/mol. The number of aromatic nitrogens is 2. The molecule has 23 heavy (non-hydrogen) atoms. The molecule has 2 aromatic rings. The molecule has 1 unspecified atom stereocenters. The van der Waals surface area contributed by atoms with E-state index < -0.39 is 12.0 Å². The van der Waals surface area contributed by atoms with Crippen molar-refractivity contribution in [2.75, 3.05) is 0 Å². The minimum Gasteiger partial charge on any atom is -0.480 e. The molecule has 1 aromatic carbocycles. The first-order chi connectivity index (χ1) is 10.8. The van der Waals surface area contributed by atoms with Crippen LogP contribution in [0.2, 0.25) is 0 Å². The molecule has 5 heteroatoms. The second kappa shape index (κ2) is 7.42. The lowest BCUT2D eigenvalue weighted by atomic mass is 9.88. The van der Waals surface area contributed by atoms with Gasteiger partial charge in [0.05, 0.1) is 6.33 Å². The maximum Gasteiger partial charge on any atom is 0.320 e. The molecule has 1 heterocycles. The third-order valence-electron chi connectivity index (χ3n) is 3.75. The van der Waals surface area contributed by atoms with E-state index in [4.69, 9.17) is 0 Å². The minimum absolute atomic E-state index is 0.136. The van der Waals surface area contributed by atoms with Gasteiger partial charge in [-0.25, -0.2) is 4.98 Å². The quantitative estimate of drug-likeness (QED) is 0.823. The number of hydrogen-bond acceptors (Lipinski definition) is 3. The van der Waals surface area contributed by atoms with Crippen molar-refractivity contribution in [3.05, 3.63) is 48.5 Å². The second-order valence-electron chi connectivity index (χ2n) is 7.01. The van der Waals surface area contributed by atoms with Gasteiger partial charge in [-0.3, -0.25) is 4.79 Å². The molecular weight excluding hydrogens is 290 g/mol. The Labute approximate surface area is 137 Å². The maximum absolute atomic E-state index is 11.4. The van der Waals surface area contributed by atoms with Crippen molar-refractivity contribution in [3.63, 3.8) is 0 Å². The predicted octanol–water partition coefficient (Wildman–Crippen LogP) is 3.24. The lowest BCUT2D eigenvalue weighted by Crippen LogP contribution is -2.37. The highest BCUT2D eigenvalue weighted by Gasteiger charge is 2.20.